The van der Waals surface area contributed by atoms with Crippen molar-refractivity contribution in [1.82, 2.24) is 0 Å². The predicted molar refractivity (Wildman–Crippen MR) is 110 cm³/mol. The van der Waals surface area contributed by atoms with Crippen molar-refractivity contribution in [3.63, 3.8) is 0 Å². The van der Waals surface area contributed by atoms with Crippen LogP contribution in [0.15, 0.2) is 29.1 Å². The van der Waals surface area contributed by atoms with Crippen LogP contribution in [0.5, 0.6) is 0 Å². The third-order valence-electron chi connectivity index (χ3n) is 6.44. The van der Waals surface area contributed by atoms with Gasteiger partial charge in [0.1, 0.15) is 6.10 Å². The van der Waals surface area contributed by atoms with Gasteiger partial charge in [0.15, 0.2) is 10.8 Å². The number of aliphatic carboxylic acids is 2. The molecule has 10 nitrogen and oxygen atoms in total. The lowest BCUT2D eigenvalue weighted by Gasteiger charge is -2.27. The Labute approximate surface area is 182 Å². The zero-order valence-electron chi connectivity index (χ0n) is 17.2. The highest BCUT2D eigenvalue weighted by atomic mass is 17.1. The van der Waals surface area contributed by atoms with Crippen LogP contribution in [0.25, 0.3) is 11.6 Å². The smallest absolute Gasteiger partial charge is 0.321 e. The summed E-state index contributed by atoms with van der Waals surface area (Å²) in [6.07, 6.45) is -1.22. The van der Waals surface area contributed by atoms with Gasteiger partial charge in [-0.15, -0.1) is 0 Å². The van der Waals surface area contributed by atoms with E-state index in [1.165, 1.54) is 19.1 Å². The summed E-state index contributed by atoms with van der Waals surface area (Å²) in [7, 11) is 0. The first-order valence-electron chi connectivity index (χ1n) is 9.80. The van der Waals surface area contributed by atoms with Gasteiger partial charge in [0.25, 0.3) is 0 Å². The van der Waals surface area contributed by atoms with Crippen molar-refractivity contribution < 1.29 is 45.3 Å². The molecule has 3 rings (SSSR count). The number of carboxylic acids is 2. The Balaban J connectivity index is 2.24. The second-order valence-electron chi connectivity index (χ2n) is 8.31. The third kappa shape index (κ3) is 3.65. The molecule has 32 heavy (non-hydrogen) atoms. The maximum Gasteiger partial charge on any atom is 0.321 e. The minimum atomic E-state index is -2.50. The summed E-state index contributed by atoms with van der Waals surface area (Å²) in [6.45, 7) is 4.92. The summed E-state index contributed by atoms with van der Waals surface area (Å²) in [5.41, 5.74) is -1.46. The first-order chi connectivity index (χ1) is 14.9. The normalized spacial score (nSPS) is 21.5. The molecule has 2 atom stereocenters. The van der Waals surface area contributed by atoms with Gasteiger partial charge in [-0.1, -0.05) is 12.6 Å². The Bertz CT molecular complexity index is 1070. The number of aliphatic hydroxyl groups is 3. The second kappa shape index (κ2) is 8.23. The van der Waals surface area contributed by atoms with Crippen molar-refractivity contribution in [3.8, 4) is 0 Å². The molecule has 172 valence electrons. The Hall–Kier alpha value is -2.89. The molecule has 0 radical (unpaired) electrons. The van der Waals surface area contributed by atoms with Gasteiger partial charge >= 0.3 is 11.9 Å². The molecule has 0 aromatic heterocycles. The average molecular weight is 448 g/mol. The van der Waals surface area contributed by atoms with Crippen LogP contribution in [-0.4, -0.2) is 61.2 Å². The van der Waals surface area contributed by atoms with E-state index in [0.717, 1.165) is 6.07 Å². The van der Waals surface area contributed by atoms with Crippen molar-refractivity contribution >= 4 is 23.6 Å². The standard InChI is InChI=1S/C22H24O10/c1-10-15-8-14(22(29,30)18(15)24)7-13-5-12(6-16(23)11(2)17(10)13)9-21(19(25)26,20(27)28)3-4-32-31/h5-7,15,18,24,29-31H,1,3-4,8-9H2,2H3,(H,25,26)(H,27,28). The lowest BCUT2D eigenvalue weighted by molar-refractivity contribution is -0.247. The van der Waals surface area contributed by atoms with Crippen molar-refractivity contribution in [2.24, 2.45) is 11.3 Å². The van der Waals surface area contributed by atoms with E-state index in [4.69, 9.17) is 5.26 Å². The van der Waals surface area contributed by atoms with Crippen LogP contribution in [0, 0.1) is 18.3 Å². The minimum absolute atomic E-state index is 0.0755. The zero-order chi connectivity index (χ0) is 24.0. The molecule has 2 aliphatic carbocycles. The molecule has 0 saturated heterocycles. The first-order valence-corrected chi connectivity index (χ1v) is 9.80. The zero-order valence-corrected chi connectivity index (χ0v) is 17.2. The van der Waals surface area contributed by atoms with Gasteiger partial charge in [0, 0.05) is 17.9 Å². The topological polar surface area (TPSA) is 182 Å². The van der Waals surface area contributed by atoms with Gasteiger partial charge in [0.05, 0.1) is 6.61 Å². The quantitative estimate of drug-likeness (QED) is 0.148. The molecule has 1 saturated carbocycles. The van der Waals surface area contributed by atoms with E-state index < -0.39 is 60.0 Å². The highest BCUT2D eigenvalue weighted by molar-refractivity contribution is 5.98. The summed E-state index contributed by atoms with van der Waals surface area (Å²) in [5, 5.41) is 58.9. The van der Waals surface area contributed by atoms with Crippen LogP contribution in [0.3, 0.4) is 0 Å². The molecule has 6 N–H and O–H groups in total. The fourth-order valence-corrected chi connectivity index (χ4v) is 4.51. The number of rotatable bonds is 7. The van der Waals surface area contributed by atoms with Crippen LogP contribution >= 0.6 is 0 Å². The number of fused-ring (bicyclic) bond motifs is 3. The van der Waals surface area contributed by atoms with E-state index in [-0.39, 0.29) is 23.1 Å². The third-order valence-corrected chi connectivity index (χ3v) is 6.44. The van der Waals surface area contributed by atoms with Crippen LogP contribution < -0.4 is 5.43 Å². The van der Waals surface area contributed by atoms with Gasteiger partial charge in [-0.25, -0.2) is 4.89 Å². The first kappa shape index (κ1) is 23.8. The number of carboxylic acid groups (broad SMARTS) is 2. The molecule has 1 aromatic carbocycles. The summed E-state index contributed by atoms with van der Waals surface area (Å²) >= 11 is 0. The maximum absolute atomic E-state index is 12.8. The molecule has 0 spiro atoms. The van der Waals surface area contributed by atoms with E-state index in [2.05, 4.69) is 11.5 Å². The monoisotopic (exact) mass is 448 g/mol. The Kier molecular flexibility index (Phi) is 6.11. The largest absolute Gasteiger partial charge is 0.480 e. The molecule has 10 heteroatoms. The molecule has 1 aromatic rings. The van der Waals surface area contributed by atoms with Gasteiger partial charge in [0.2, 0.25) is 5.79 Å². The number of hydrogen-bond donors (Lipinski definition) is 6. The van der Waals surface area contributed by atoms with Crippen LogP contribution in [0.2, 0.25) is 0 Å². The van der Waals surface area contributed by atoms with Crippen molar-refractivity contribution in [2.45, 2.75) is 38.1 Å². The fourth-order valence-electron chi connectivity index (χ4n) is 4.51. The maximum atomic E-state index is 12.8. The van der Waals surface area contributed by atoms with Gasteiger partial charge in [-0.2, -0.15) is 0 Å². The number of carbonyl (C=O) groups is 2. The minimum Gasteiger partial charge on any atom is -0.480 e. The van der Waals surface area contributed by atoms with Crippen molar-refractivity contribution in [2.75, 3.05) is 6.61 Å². The Morgan fingerprint density at radius 3 is 2.44 bits per heavy atom. The average Bonchev–Trinajstić information content (AvgIpc) is 2.81. The summed E-state index contributed by atoms with van der Waals surface area (Å²) < 4.78 is 0. The van der Waals surface area contributed by atoms with Gasteiger partial charge < -0.3 is 25.5 Å². The van der Waals surface area contributed by atoms with Gasteiger partial charge in [-0.3, -0.25) is 19.6 Å². The molecule has 0 heterocycles. The fraction of sp³-hybridized carbons (Fsp3) is 0.409. The van der Waals surface area contributed by atoms with E-state index in [0.29, 0.717) is 16.7 Å². The van der Waals surface area contributed by atoms with Gasteiger partial charge in [-0.05, 0) is 59.7 Å². The number of aliphatic hydroxyl groups excluding tert-OH is 1. The molecular weight excluding hydrogens is 424 g/mol. The molecule has 2 bridgehead atoms. The van der Waals surface area contributed by atoms with E-state index in [1.54, 1.807) is 0 Å². The van der Waals surface area contributed by atoms with E-state index in [9.17, 15) is 39.9 Å². The molecule has 2 unspecified atom stereocenters. The summed E-state index contributed by atoms with van der Waals surface area (Å²) in [5.74, 6) is -6.59. The van der Waals surface area contributed by atoms with Crippen LogP contribution in [0.1, 0.15) is 35.1 Å². The second-order valence-corrected chi connectivity index (χ2v) is 8.31. The predicted octanol–water partition coefficient (Wildman–Crippen LogP) is 0.405. The van der Waals surface area contributed by atoms with E-state index in [1.807, 2.05) is 0 Å². The summed E-state index contributed by atoms with van der Waals surface area (Å²) in [6, 6.07) is 2.53. The van der Waals surface area contributed by atoms with Crippen molar-refractivity contribution in [1.29, 1.82) is 0 Å². The number of hydrogen-bond acceptors (Lipinski definition) is 8. The van der Waals surface area contributed by atoms with Crippen LogP contribution in [-0.2, 0) is 20.9 Å². The molecule has 2 aliphatic rings. The lowest BCUT2D eigenvalue weighted by atomic mass is 9.79. The molecule has 0 aliphatic heterocycles. The van der Waals surface area contributed by atoms with E-state index >= 15 is 0 Å². The summed E-state index contributed by atoms with van der Waals surface area (Å²) in [4.78, 5) is 40.6. The molecule has 1 fully saturated rings. The SMILES string of the molecule is C=C1c2c(cc(CC(CCOO)(C(=O)O)C(=O)O)cc(=O)c2C)C=C2CC1C(O)C2(O)O. The highest BCUT2D eigenvalue weighted by Crippen LogP contribution is 2.48. The lowest BCUT2D eigenvalue weighted by Crippen LogP contribution is -2.42. The molecular formula is C22H24O10. The highest BCUT2D eigenvalue weighted by Gasteiger charge is 2.52. The van der Waals surface area contributed by atoms with Crippen molar-refractivity contribution in [3.05, 3.63) is 56.8 Å². The molecule has 0 amide bonds. The Morgan fingerprint density at radius 1 is 1.25 bits per heavy atom. The Morgan fingerprint density at radius 2 is 1.88 bits per heavy atom. The van der Waals surface area contributed by atoms with Crippen LogP contribution in [0.4, 0.5) is 0 Å².